The quantitative estimate of drug-likeness (QED) is 0.746. The number of ketones is 1. The summed E-state index contributed by atoms with van der Waals surface area (Å²) in [4.78, 5) is 31.0. The number of aromatic amines is 1. The molecular weight excluding hydrogens is 290 g/mol. The van der Waals surface area contributed by atoms with Gasteiger partial charge in [-0.2, -0.15) is 0 Å². The summed E-state index contributed by atoms with van der Waals surface area (Å²) < 4.78 is 0. The van der Waals surface area contributed by atoms with Crippen LogP contribution in [-0.4, -0.2) is 27.7 Å². The van der Waals surface area contributed by atoms with E-state index in [2.05, 4.69) is 27.4 Å². The van der Waals surface area contributed by atoms with Gasteiger partial charge in [-0.15, -0.1) is 0 Å². The number of nitrogens with one attached hydrogen (secondary N) is 2. The van der Waals surface area contributed by atoms with Crippen LogP contribution in [0.3, 0.4) is 0 Å². The Morgan fingerprint density at radius 2 is 2.04 bits per heavy atom. The third-order valence-corrected chi connectivity index (χ3v) is 3.76. The number of nitrogens with zero attached hydrogens (tertiary/aromatic N) is 1. The first-order chi connectivity index (χ1) is 11.2. The van der Waals surface area contributed by atoms with Crippen LogP contribution in [0.5, 0.6) is 0 Å². The van der Waals surface area contributed by atoms with E-state index in [0.717, 1.165) is 18.5 Å². The van der Waals surface area contributed by atoms with Crippen LogP contribution in [0.25, 0.3) is 0 Å². The fraction of sp³-hybridized carbons (Fsp3) is 0.389. The lowest BCUT2D eigenvalue weighted by molar-refractivity contribution is -0.127. The smallest absolute Gasteiger partial charge is 0.220 e. The maximum absolute atomic E-state index is 12.1. The topological polar surface area (TPSA) is 74.8 Å². The Balaban J connectivity index is 1.81. The number of carbonyl (C=O) groups is 2. The monoisotopic (exact) mass is 313 g/mol. The highest BCUT2D eigenvalue weighted by Crippen LogP contribution is 2.06. The maximum Gasteiger partial charge on any atom is 0.220 e. The molecule has 0 aliphatic rings. The van der Waals surface area contributed by atoms with E-state index in [0.29, 0.717) is 19.3 Å². The number of carbonyl (C=O) groups excluding carboxylic acids is 2. The first-order valence-corrected chi connectivity index (χ1v) is 8.02. The number of rotatable bonds is 9. The van der Waals surface area contributed by atoms with Gasteiger partial charge in [0, 0.05) is 31.2 Å². The van der Waals surface area contributed by atoms with Gasteiger partial charge in [0.15, 0.2) is 5.78 Å². The zero-order chi connectivity index (χ0) is 16.5. The number of hydrogen-bond acceptors (Lipinski definition) is 3. The summed E-state index contributed by atoms with van der Waals surface area (Å²) in [5.74, 6) is -0.0387. The van der Waals surface area contributed by atoms with Gasteiger partial charge >= 0.3 is 0 Å². The van der Waals surface area contributed by atoms with E-state index in [1.807, 2.05) is 25.1 Å². The van der Waals surface area contributed by atoms with Crippen LogP contribution in [0.2, 0.25) is 0 Å². The lowest BCUT2D eigenvalue weighted by Crippen LogP contribution is -2.42. The summed E-state index contributed by atoms with van der Waals surface area (Å²) in [6.07, 6.45) is 6.17. The molecule has 0 spiro atoms. The minimum absolute atomic E-state index is 0.0380. The summed E-state index contributed by atoms with van der Waals surface area (Å²) in [6.45, 7) is 1.81. The molecule has 0 fully saturated rings. The van der Waals surface area contributed by atoms with Crippen molar-refractivity contribution in [3.63, 3.8) is 0 Å². The van der Waals surface area contributed by atoms with Gasteiger partial charge in [-0.1, -0.05) is 37.3 Å². The number of Topliss-reactive ketones (excluding diaryl/α,β-unsaturated/α-hetero) is 1. The number of hydrogen-bond donors (Lipinski definition) is 2. The van der Waals surface area contributed by atoms with Crippen LogP contribution in [0.4, 0.5) is 0 Å². The average molecular weight is 313 g/mol. The molecule has 0 aliphatic heterocycles. The van der Waals surface area contributed by atoms with E-state index in [-0.39, 0.29) is 11.7 Å². The van der Waals surface area contributed by atoms with Crippen molar-refractivity contribution < 1.29 is 9.59 Å². The summed E-state index contributed by atoms with van der Waals surface area (Å²) >= 11 is 0. The predicted molar refractivity (Wildman–Crippen MR) is 88.9 cm³/mol. The Morgan fingerprint density at radius 1 is 1.26 bits per heavy atom. The molecule has 2 aromatic rings. The van der Waals surface area contributed by atoms with Crippen molar-refractivity contribution in [2.75, 3.05) is 0 Å². The number of amides is 1. The van der Waals surface area contributed by atoms with Crippen molar-refractivity contribution in [2.24, 2.45) is 0 Å². The Labute approximate surface area is 136 Å². The average Bonchev–Trinajstić information content (AvgIpc) is 3.07. The van der Waals surface area contributed by atoms with Gasteiger partial charge < -0.3 is 10.3 Å². The zero-order valence-electron chi connectivity index (χ0n) is 13.4. The van der Waals surface area contributed by atoms with Crippen LogP contribution >= 0.6 is 0 Å². The van der Waals surface area contributed by atoms with Crippen LogP contribution in [0, 0.1) is 0 Å². The molecule has 122 valence electrons. The largest absolute Gasteiger partial charge is 0.348 e. The summed E-state index contributed by atoms with van der Waals surface area (Å²) in [7, 11) is 0. The maximum atomic E-state index is 12.1. The highest BCUT2D eigenvalue weighted by atomic mass is 16.2. The Hall–Kier alpha value is -2.43. The van der Waals surface area contributed by atoms with E-state index in [4.69, 9.17) is 0 Å². The van der Waals surface area contributed by atoms with Gasteiger partial charge in [0.05, 0.1) is 12.4 Å². The van der Waals surface area contributed by atoms with Crippen molar-refractivity contribution in [1.29, 1.82) is 0 Å². The first kappa shape index (κ1) is 16.9. The molecule has 2 N–H and O–H groups in total. The molecule has 0 saturated carbocycles. The molecule has 2 rings (SSSR count). The minimum atomic E-state index is -0.482. The molecule has 23 heavy (non-hydrogen) atoms. The summed E-state index contributed by atoms with van der Waals surface area (Å²) in [6, 6.07) is 9.60. The molecule has 5 nitrogen and oxygen atoms in total. The molecular formula is C18H23N3O2. The van der Waals surface area contributed by atoms with Crippen molar-refractivity contribution >= 4 is 11.7 Å². The van der Waals surface area contributed by atoms with E-state index in [1.54, 1.807) is 12.5 Å². The van der Waals surface area contributed by atoms with Crippen molar-refractivity contribution in [3.8, 4) is 0 Å². The van der Waals surface area contributed by atoms with Crippen LogP contribution in [-0.2, 0) is 22.4 Å². The Morgan fingerprint density at radius 3 is 2.70 bits per heavy atom. The zero-order valence-corrected chi connectivity index (χ0v) is 13.4. The molecule has 5 heteroatoms. The molecule has 0 saturated heterocycles. The first-order valence-electron chi connectivity index (χ1n) is 8.02. The van der Waals surface area contributed by atoms with Gasteiger partial charge in [-0.05, 0) is 18.4 Å². The molecule has 1 amide bonds. The second-order valence-electron chi connectivity index (χ2n) is 5.56. The Bertz CT molecular complexity index is 608. The number of imidazole rings is 1. The fourth-order valence-corrected chi connectivity index (χ4v) is 2.47. The van der Waals surface area contributed by atoms with Gasteiger partial charge in [-0.3, -0.25) is 9.59 Å². The molecule has 1 heterocycles. The van der Waals surface area contributed by atoms with Gasteiger partial charge in [-0.25, -0.2) is 4.98 Å². The number of benzene rings is 1. The third kappa shape index (κ3) is 5.70. The third-order valence-electron chi connectivity index (χ3n) is 3.76. The lowest BCUT2D eigenvalue weighted by atomic mass is 10.0. The predicted octanol–water partition coefficient (Wildman–Crippen LogP) is 2.44. The van der Waals surface area contributed by atoms with E-state index >= 15 is 0 Å². The molecule has 1 atom stereocenters. The normalized spacial score (nSPS) is 11.9. The summed E-state index contributed by atoms with van der Waals surface area (Å²) in [5.41, 5.74) is 2.07. The van der Waals surface area contributed by atoms with Crippen molar-refractivity contribution in [2.45, 2.75) is 45.1 Å². The van der Waals surface area contributed by atoms with Gasteiger partial charge in [0.2, 0.25) is 5.91 Å². The highest BCUT2D eigenvalue weighted by Gasteiger charge is 2.20. The van der Waals surface area contributed by atoms with Crippen LogP contribution in [0.15, 0.2) is 42.9 Å². The molecule has 0 unspecified atom stereocenters. The molecule has 0 aliphatic carbocycles. The van der Waals surface area contributed by atoms with Crippen LogP contribution < -0.4 is 5.32 Å². The molecule has 1 aromatic carbocycles. The van der Waals surface area contributed by atoms with Crippen LogP contribution in [0.1, 0.15) is 37.4 Å². The highest BCUT2D eigenvalue weighted by molar-refractivity contribution is 5.89. The number of aryl methyl sites for hydroxylation is 1. The van der Waals surface area contributed by atoms with Gasteiger partial charge in [0.25, 0.3) is 0 Å². The second kappa shape index (κ2) is 8.88. The number of H-pyrrole nitrogens is 1. The SMILES string of the molecule is CCC(=O)[C@H](Cc1cnc[nH]1)NC(=O)CCCc1ccccc1. The molecule has 0 radical (unpaired) electrons. The van der Waals surface area contributed by atoms with Crippen molar-refractivity contribution in [1.82, 2.24) is 15.3 Å². The standard InChI is InChI=1S/C18H23N3O2/c1-2-17(22)16(11-15-12-19-13-20-15)21-18(23)10-6-9-14-7-4-3-5-8-14/h3-5,7-8,12-13,16H,2,6,9-11H2,1H3,(H,19,20)(H,21,23)/t16-/m0/s1. The van der Waals surface area contributed by atoms with E-state index < -0.39 is 6.04 Å². The van der Waals surface area contributed by atoms with Gasteiger partial charge in [0.1, 0.15) is 0 Å². The van der Waals surface area contributed by atoms with Crippen molar-refractivity contribution in [3.05, 3.63) is 54.1 Å². The molecule has 1 aromatic heterocycles. The second-order valence-corrected chi connectivity index (χ2v) is 5.56. The fourth-order valence-electron chi connectivity index (χ4n) is 2.47. The molecule has 0 bridgehead atoms. The Kier molecular flexibility index (Phi) is 6.54. The van der Waals surface area contributed by atoms with E-state index in [9.17, 15) is 9.59 Å². The summed E-state index contributed by atoms with van der Waals surface area (Å²) in [5, 5.41) is 2.86. The van der Waals surface area contributed by atoms with E-state index in [1.165, 1.54) is 5.56 Å². The number of aromatic nitrogens is 2. The minimum Gasteiger partial charge on any atom is -0.348 e. The lowest BCUT2D eigenvalue weighted by Gasteiger charge is -2.16.